The number of aromatic nitrogens is 3. The highest BCUT2D eigenvalue weighted by Crippen LogP contribution is 2.42. The molecule has 1 aliphatic heterocycles. The minimum Gasteiger partial charge on any atom is -0.493 e. The van der Waals surface area contributed by atoms with Gasteiger partial charge in [-0.1, -0.05) is 12.1 Å². The Kier molecular flexibility index (Phi) is 5.47. The van der Waals surface area contributed by atoms with Crippen molar-refractivity contribution in [2.45, 2.75) is 13.0 Å². The predicted molar refractivity (Wildman–Crippen MR) is 116 cm³/mol. The van der Waals surface area contributed by atoms with Crippen molar-refractivity contribution in [3.63, 3.8) is 0 Å². The minimum absolute atomic E-state index is 0.194. The molecule has 2 aromatic carbocycles. The third-order valence-electron chi connectivity index (χ3n) is 5.01. The lowest BCUT2D eigenvalue weighted by Gasteiger charge is -2.25. The van der Waals surface area contributed by atoms with Gasteiger partial charge in [0.25, 0.3) is 0 Å². The average molecular weight is 407 g/mol. The van der Waals surface area contributed by atoms with Crippen LogP contribution in [0.5, 0.6) is 17.2 Å². The molecule has 0 radical (unpaired) electrons. The van der Waals surface area contributed by atoms with Gasteiger partial charge < -0.3 is 24.8 Å². The Morgan fingerprint density at radius 2 is 1.73 bits per heavy atom. The molecule has 8 heteroatoms. The summed E-state index contributed by atoms with van der Waals surface area (Å²) >= 11 is 0. The monoisotopic (exact) mass is 407 g/mol. The molecular weight excluding hydrogens is 382 g/mol. The summed E-state index contributed by atoms with van der Waals surface area (Å²) in [4.78, 5) is 4.37. The molecule has 0 saturated heterocycles. The molecule has 1 atom stereocenters. The first kappa shape index (κ1) is 19.6. The molecule has 1 aliphatic rings. The molecule has 3 aromatic rings. The van der Waals surface area contributed by atoms with Crippen molar-refractivity contribution in [1.29, 1.82) is 0 Å². The molecule has 1 aromatic heterocycles. The molecule has 30 heavy (non-hydrogen) atoms. The lowest BCUT2D eigenvalue weighted by Crippen LogP contribution is -2.20. The normalized spacial score (nSPS) is 14.9. The Labute approximate surface area is 175 Å². The van der Waals surface area contributed by atoms with Crippen LogP contribution in [0, 0.1) is 0 Å². The van der Waals surface area contributed by atoms with Crippen LogP contribution in [0.15, 0.2) is 48.8 Å². The summed E-state index contributed by atoms with van der Waals surface area (Å²) in [6.07, 6.45) is 3.66. The lowest BCUT2D eigenvalue weighted by atomic mass is 10.0. The first-order chi connectivity index (χ1) is 14.7. The Morgan fingerprint density at radius 3 is 2.33 bits per heavy atom. The van der Waals surface area contributed by atoms with Crippen LogP contribution in [0.1, 0.15) is 24.1 Å². The highest BCUT2D eigenvalue weighted by Gasteiger charge is 2.26. The second-order valence-corrected chi connectivity index (χ2v) is 6.74. The molecular formula is C22H25N5O3. The fourth-order valence-electron chi connectivity index (χ4n) is 3.58. The molecule has 1 unspecified atom stereocenters. The number of ether oxygens (including phenoxy) is 3. The first-order valence-corrected chi connectivity index (χ1v) is 9.71. The zero-order valence-corrected chi connectivity index (χ0v) is 17.5. The first-order valence-electron chi connectivity index (χ1n) is 9.71. The van der Waals surface area contributed by atoms with E-state index in [4.69, 9.17) is 14.2 Å². The second kappa shape index (κ2) is 8.36. The summed E-state index contributed by atoms with van der Waals surface area (Å²) in [5, 5.41) is 11.1. The van der Waals surface area contributed by atoms with Gasteiger partial charge in [0.2, 0.25) is 11.7 Å². The maximum atomic E-state index is 5.53. The molecule has 0 bridgehead atoms. The van der Waals surface area contributed by atoms with E-state index < -0.39 is 0 Å². The summed E-state index contributed by atoms with van der Waals surface area (Å²) in [6, 6.07) is 12.0. The van der Waals surface area contributed by atoms with E-state index in [9.17, 15) is 0 Å². The Morgan fingerprint density at radius 1 is 1.03 bits per heavy atom. The molecule has 2 heterocycles. The van der Waals surface area contributed by atoms with Crippen LogP contribution < -0.4 is 24.8 Å². The van der Waals surface area contributed by atoms with Crippen molar-refractivity contribution in [2.24, 2.45) is 0 Å². The van der Waals surface area contributed by atoms with Gasteiger partial charge in [0.1, 0.15) is 12.4 Å². The highest BCUT2D eigenvalue weighted by molar-refractivity contribution is 5.78. The van der Waals surface area contributed by atoms with Crippen molar-refractivity contribution in [3.05, 3.63) is 59.9 Å². The van der Waals surface area contributed by atoms with Crippen LogP contribution in [-0.2, 0) is 0 Å². The van der Waals surface area contributed by atoms with Crippen LogP contribution in [0.4, 0.5) is 11.6 Å². The largest absolute Gasteiger partial charge is 0.493 e. The number of anilines is 2. The zero-order valence-electron chi connectivity index (χ0n) is 17.5. The van der Waals surface area contributed by atoms with E-state index >= 15 is 0 Å². The van der Waals surface area contributed by atoms with Gasteiger partial charge in [-0.05, 0) is 48.4 Å². The SMILES string of the molecule is CCNc1ccc(C2=CC(c3cc(OC)c(OC)c(OC)c3)n3ncnc3N2)cc1. The van der Waals surface area contributed by atoms with Gasteiger partial charge in [-0.2, -0.15) is 10.1 Å². The molecule has 0 amide bonds. The number of benzene rings is 2. The van der Waals surface area contributed by atoms with E-state index in [1.54, 1.807) is 27.7 Å². The number of rotatable bonds is 7. The van der Waals surface area contributed by atoms with Crippen molar-refractivity contribution < 1.29 is 14.2 Å². The van der Waals surface area contributed by atoms with Crippen LogP contribution >= 0.6 is 0 Å². The molecule has 8 nitrogen and oxygen atoms in total. The fourth-order valence-corrected chi connectivity index (χ4v) is 3.58. The van der Waals surface area contributed by atoms with Crippen LogP contribution in [0.2, 0.25) is 0 Å². The van der Waals surface area contributed by atoms with Gasteiger partial charge in [-0.15, -0.1) is 0 Å². The Bertz CT molecular complexity index is 1030. The van der Waals surface area contributed by atoms with Gasteiger partial charge in [0.05, 0.1) is 21.3 Å². The highest BCUT2D eigenvalue weighted by atomic mass is 16.5. The van der Waals surface area contributed by atoms with E-state index in [1.807, 2.05) is 16.8 Å². The lowest BCUT2D eigenvalue weighted by molar-refractivity contribution is 0.323. The summed E-state index contributed by atoms with van der Waals surface area (Å²) in [6.45, 7) is 2.96. The number of hydrogen-bond donors (Lipinski definition) is 2. The summed E-state index contributed by atoms with van der Waals surface area (Å²) in [5.41, 5.74) is 4.04. The van der Waals surface area contributed by atoms with E-state index in [1.165, 1.54) is 0 Å². The summed E-state index contributed by atoms with van der Waals surface area (Å²) < 4.78 is 18.4. The van der Waals surface area contributed by atoms with Gasteiger partial charge in [0.15, 0.2) is 11.5 Å². The summed E-state index contributed by atoms with van der Waals surface area (Å²) in [5.74, 6) is 2.41. The van der Waals surface area contributed by atoms with Crippen molar-refractivity contribution in [2.75, 3.05) is 38.5 Å². The number of fused-ring (bicyclic) bond motifs is 1. The van der Waals surface area contributed by atoms with E-state index in [2.05, 4.69) is 58.0 Å². The fraction of sp³-hybridized carbons (Fsp3) is 0.273. The standard InChI is InChI=1S/C22H25N5O3/c1-5-23-16-8-6-14(7-9-16)17-12-18(27-22(26-17)24-13-25-27)15-10-19(28-2)21(30-4)20(11-15)29-3/h6-13,18,23H,5H2,1-4H3,(H,24,25,26). The van der Waals surface area contributed by atoms with Crippen LogP contribution in [0.3, 0.4) is 0 Å². The maximum absolute atomic E-state index is 5.53. The second-order valence-electron chi connectivity index (χ2n) is 6.74. The van der Waals surface area contributed by atoms with E-state index in [0.717, 1.165) is 29.1 Å². The van der Waals surface area contributed by atoms with Gasteiger partial charge in [-0.25, -0.2) is 4.68 Å². The number of hydrogen-bond acceptors (Lipinski definition) is 7. The number of nitrogens with one attached hydrogen (secondary N) is 2. The molecule has 0 aliphatic carbocycles. The van der Waals surface area contributed by atoms with Crippen LogP contribution in [-0.4, -0.2) is 42.6 Å². The van der Waals surface area contributed by atoms with Gasteiger partial charge >= 0.3 is 0 Å². The number of methoxy groups -OCH3 is 3. The molecule has 156 valence electrons. The summed E-state index contributed by atoms with van der Waals surface area (Å²) in [7, 11) is 4.81. The van der Waals surface area contributed by atoms with Crippen molar-refractivity contribution in [3.8, 4) is 17.2 Å². The quantitative estimate of drug-likeness (QED) is 0.617. The number of allylic oxidation sites excluding steroid dienone is 1. The molecule has 2 N–H and O–H groups in total. The predicted octanol–water partition coefficient (Wildman–Crippen LogP) is 3.79. The Balaban J connectivity index is 1.78. The molecule has 4 rings (SSSR count). The van der Waals surface area contributed by atoms with E-state index in [-0.39, 0.29) is 6.04 Å². The molecule has 0 fully saturated rings. The Hall–Kier alpha value is -3.68. The average Bonchev–Trinajstić information content (AvgIpc) is 3.27. The molecule has 0 spiro atoms. The zero-order chi connectivity index (χ0) is 21.1. The maximum Gasteiger partial charge on any atom is 0.226 e. The van der Waals surface area contributed by atoms with Crippen molar-refractivity contribution in [1.82, 2.24) is 14.8 Å². The topological polar surface area (TPSA) is 82.5 Å². The van der Waals surface area contributed by atoms with Crippen molar-refractivity contribution >= 4 is 17.3 Å². The smallest absolute Gasteiger partial charge is 0.226 e. The number of nitrogens with zero attached hydrogens (tertiary/aromatic N) is 3. The minimum atomic E-state index is -0.194. The van der Waals surface area contributed by atoms with Gasteiger partial charge in [-0.3, -0.25) is 0 Å². The van der Waals surface area contributed by atoms with Gasteiger partial charge in [0, 0.05) is 17.9 Å². The molecule has 0 saturated carbocycles. The third-order valence-corrected chi connectivity index (χ3v) is 5.01. The van der Waals surface area contributed by atoms with Crippen LogP contribution in [0.25, 0.3) is 5.70 Å². The third kappa shape index (κ3) is 3.52. The van der Waals surface area contributed by atoms with E-state index in [0.29, 0.717) is 23.2 Å².